The van der Waals surface area contributed by atoms with Crippen LogP contribution >= 0.6 is 11.6 Å². The molecule has 0 aromatic heterocycles. The number of anilines is 1. The fraction of sp³-hybridized carbons (Fsp3) is 0.391. The lowest BCUT2D eigenvalue weighted by atomic mass is 10.1. The molecule has 0 fully saturated rings. The zero-order valence-electron chi connectivity index (χ0n) is 19.7. The molecule has 0 aliphatic carbocycles. The van der Waals surface area contributed by atoms with Crippen molar-refractivity contribution >= 4 is 39.3 Å². The van der Waals surface area contributed by atoms with Gasteiger partial charge in [-0.3, -0.25) is 9.59 Å². The van der Waals surface area contributed by atoms with Crippen molar-refractivity contribution in [2.45, 2.75) is 32.9 Å². The Balaban J connectivity index is 2.43. The van der Waals surface area contributed by atoms with Gasteiger partial charge in [0.25, 0.3) is 0 Å². The van der Waals surface area contributed by atoms with Gasteiger partial charge in [0.05, 0.1) is 5.69 Å². The molecule has 2 rings (SSSR count). The molecule has 0 saturated carbocycles. The van der Waals surface area contributed by atoms with Crippen LogP contribution < -0.4 is 9.62 Å². The van der Waals surface area contributed by atoms with Crippen molar-refractivity contribution in [2.75, 3.05) is 31.5 Å². The lowest BCUT2D eigenvalue weighted by molar-refractivity contribution is -0.139. The molecule has 0 unspecified atom stereocenters. The van der Waals surface area contributed by atoms with Crippen LogP contribution in [0, 0.1) is 5.82 Å². The molecule has 34 heavy (non-hydrogen) atoms. The normalized spacial score (nSPS) is 12.3. The zero-order valence-corrected chi connectivity index (χ0v) is 21.2. The number of benzene rings is 2. The fourth-order valence-electron chi connectivity index (χ4n) is 3.13. The number of carbonyl (C=O) groups is 2. The molecule has 2 aromatic rings. The maximum absolute atomic E-state index is 13.5. The fourth-order valence-corrected chi connectivity index (χ4v) is 4.40. The molecule has 1 N–H and O–H groups in total. The van der Waals surface area contributed by atoms with Crippen LogP contribution in [0.2, 0.25) is 5.02 Å². The van der Waals surface area contributed by atoms with Crippen molar-refractivity contribution in [1.29, 1.82) is 0 Å². The van der Waals surface area contributed by atoms with Gasteiger partial charge in [-0.05, 0) is 55.3 Å². The summed E-state index contributed by atoms with van der Waals surface area (Å²) in [5, 5.41) is 3.23. The molecule has 2 aromatic carbocycles. The average Bonchev–Trinajstić information content (AvgIpc) is 2.79. The minimum atomic E-state index is -4.10. The summed E-state index contributed by atoms with van der Waals surface area (Å²) < 4.78 is 41.3. The van der Waals surface area contributed by atoms with E-state index in [2.05, 4.69) is 5.32 Å². The van der Waals surface area contributed by atoms with Crippen LogP contribution in [0.4, 0.5) is 10.1 Å². The van der Waals surface area contributed by atoms with Crippen molar-refractivity contribution in [3.8, 4) is 0 Å². The molecule has 0 aliphatic heterocycles. The van der Waals surface area contributed by atoms with Crippen LogP contribution in [-0.2, 0) is 26.3 Å². The summed E-state index contributed by atoms with van der Waals surface area (Å²) in [6.07, 6.45) is 0.722. The molecule has 0 radical (unpaired) electrons. The summed E-state index contributed by atoms with van der Waals surface area (Å²) in [7, 11) is -1.43. The number of hydrogen-bond donors (Lipinski definition) is 1. The number of carbonyl (C=O) groups excluding carboxylic acids is 2. The molecule has 1 atom stereocenters. The molecule has 11 heteroatoms. The summed E-state index contributed by atoms with van der Waals surface area (Å²) in [6.45, 7) is 3.39. The third-order valence-electron chi connectivity index (χ3n) is 5.09. The van der Waals surface area contributed by atoms with E-state index in [1.54, 1.807) is 31.2 Å². The number of rotatable bonds is 11. The lowest BCUT2D eigenvalue weighted by Crippen LogP contribution is -2.52. The quantitative estimate of drug-likeness (QED) is 0.501. The zero-order chi connectivity index (χ0) is 25.5. The Bertz CT molecular complexity index is 1100. The van der Waals surface area contributed by atoms with Gasteiger partial charge in [-0.2, -0.15) is 12.7 Å². The maximum atomic E-state index is 13.5. The number of hydrogen-bond acceptors (Lipinski definition) is 4. The molecule has 8 nitrogen and oxygen atoms in total. The van der Waals surface area contributed by atoms with Crippen molar-refractivity contribution < 1.29 is 22.4 Å². The Morgan fingerprint density at radius 2 is 1.76 bits per heavy atom. The molecule has 0 bridgehead atoms. The maximum Gasteiger partial charge on any atom is 0.304 e. The highest BCUT2D eigenvalue weighted by Crippen LogP contribution is 2.21. The van der Waals surface area contributed by atoms with E-state index >= 15 is 0 Å². The number of nitrogens with one attached hydrogen (secondary N) is 1. The predicted molar refractivity (Wildman–Crippen MR) is 131 cm³/mol. The van der Waals surface area contributed by atoms with Gasteiger partial charge in [-0.25, -0.2) is 8.70 Å². The Morgan fingerprint density at radius 3 is 2.32 bits per heavy atom. The van der Waals surface area contributed by atoms with Gasteiger partial charge in [-0.1, -0.05) is 30.7 Å². The molecule has 2 amide bonds. The SMILES string of the molecule is CCCNC(=O)[C@@H](C)N(Cc1cccc(Cl)c1)C(=O)CN(c1ccc(F)cc1)S(=O)(=O)N(C)C. The highest BCUT2D eigenvalue weighted by atomic mass is 35.5. The van der Waals surface area contributed by atoms with Crippen LogP contribution in [0.15, 0.2) is 48.5 Å². The van der Waals surface area contributed by atoms with Crippen LogP contribution in [0.5, 0.6) is 0 Å². The van der Waals surface area contributed by atoms with Gasteiger partial charge in [0, 0.05) is 32.2 Å². The second kappa shape index (κ2) is 12.1. The van der Waals surface area contributed by atoms with Gasteiger partial charge in [-0.15, -0.1) is 0 Å². The van der Waals surface area contributed by atoms with E-state index in [0.29, 0.717) is 17.1 Å². The number of halogens is 2. The molecule has 0 heterocycles. The van der Waals surface area contributed by atoms with Gasteiger partial charge in [0.2, 0.25) is 11.8 Å². The third-order valence-corrected chi connectivity index (χ3v) is 7.15. The van der Waals surface area contributed by atoms with Crippen molar-refractivity contribution in [3.05, 3.63) is 64.9 Å². The number of nitrogens with zero attached hydrogens (tertiary/aromatic N) is 3. The summed E-state index contributed by atoms with van der Waals surface area (Å²) >= 11 is 6.08. The Kier molecular flexibility index (Phi) is 9.84. The minimum absolute atomic E-state index is 0.0410. The molecule has 0 saturated heterocycles. The van der Waals surface area contributed by atoms with E-state index in [9.17, 15) is 22.4 Å². The number of amides is 2. The van der Waals surface area contributed by atoms with Crippen LogP contribution in [-0.4, -0.2) is 62.7 Å². The van der Waals surface area contributed by atoms with Crippen molar-refractivity contribution in [3.63, 3.8) is 0 Å². The van der Waals surface area contributed by atoms with Crippen molar-refractivity contribution in [2.24, 2.45) is 0 Å². The van der Waals surface area contributed by atoms with Crippen LogP contribution in [0.3, 0.4) is 0 Å². The Morgan fingerprint density at radius 1 is 1.12 bits per heavy atom. The van der Waals surface area contributed by atoms with Crippen LogP contribution in [0.1, 0.15) is 25.8 Å². The van der Waals surface area contributed by atoms with Crippen molar-refractivity contribution in [1.82, 2.24) is 14.5 Å². The van der Waals surface area contributed by atoms with Gasteiger partial charge in [0.1, 0.15) is 18.4 Å². The summed E-state index contributed by atoms with van der Waals surface area (Å²) in [4.78, 5) is 27.5. The monoisotopic (exact) mass is 512 g/mol. The van der Waals surface area contributed by atoms with Gasteiger partial charge >= 0.3 is 10.2 Å². The van der Waals surface area contributed by atoms with Gasteiger partial charge < -0.3 is 10.2 Å². The first-order valence-electron chi connectivity index (χ1n) is 10.7. The van der Waals surface area contributed by atoms with E-state index in [0.717, 1.165) is 27.2 Å². The first kappa shape index (κ1) is 27.6. The highest BCUT2D eigenvalue weighted by Gasteiger charge is 2.32. The van der Waals surface area contributed by atoms with Crippen LogP contribution in [0.25, 0.3) is 0 Å². The molecule has 0 spiro atoms. The Labute approximate surface area is 205 Å². The van der Waals surface area contributed by atoms with Gasteiger partial charge in [0.15, 0.2) is 0 Å². The highest BCUT2D eigenvalue weighted by molar-refractivity contribution is 7.90. The third kappa shape index (κ3) is 7.15. The second-order valence-electron chi connectivity index (χ2n) is 7.89. The average molecular weight is 513 g/mol. The Hall–Kier alpha value is -2.69. The van der Waals surface area contributed by atoms with E-state index < -0.39 is 34.5 Å². The van der Waals surface area contributed by atoms with E-state index in [1.807, 2.05) is 6.92 Å². The molecular weight excluding hydrogens is 483 g/mol. The molecule has 186 valence electrons. The smallest absolute Gasteiger partial charge is 0.304 e. The first-order chi connectivity index (χ1) is 16.0. The summed E-state index contributed by atoms with van der Waals surface area (Å²) in [5.74, 6) is -1.50. The standard InChI is InChI=1S/C23H30ClFN4O4S/c1-5-13-26-23(31)17(2)28(15-18-7-6-8-19(24)14-18)22(30)16-29(34(32,33)27(3)4)21-11-9-20(25)10-12-21/h6-12,14,17H,5,13,15-16H2,1-4H3,(H,26,31)/t17-/m1/s1. The molecular formula is C23H30ClFN4O4S. The second-order valence-corrected chi connectivity index (χ2v) is 10.4. The topological polar surface area (TPSA) is 90.0 Å². The minimum Gasteiger partial charge on any atom is -0.354 e. The summed E-state index contributed by atoms with van der Waals surface area (Å²) in [5.41, 5.74) is 0.800. The summed E-state index contributed by atoms with van der Waals surface area (Å²) in [6, 6.07) is 10.8. The first-order valence-corrected chi connectivity index (χ1v) is 12.5. The van der Waals surface area contributed by atoms with E-state index in [4.69, 9.17) is 11.6 Å². The lowest BCUT2D eigenvalue weighted by Gasteiger charge is -2.32. The predicted octanol–water partition coefficient (Wildman–Crippen LogP) is 3.04. The molecule has 0 aliphatic rings. The van der Waals surface area contributed by atoms with E-state index in [1.165, 1.54) is 31.1 Å². The largest absolute Gasteiger partial charge is 0.354 e. The van der Waals surface area contributed by atoms with E-state index in [-0.39, 0.29) is 18.1 Å².